The molecular weight excluding hydrogens is 376 g/mol. The second kappa shape index (κ2) is 9.21. The lowest BCUT2D eigenvalue weighted by molar-refractivity contribution is 0.188. The molecule has 3 rings (SSSR count). The topological polar surface area (TPSA) is 95.5 Å². The van der Waals surface area contributed by atoms with Crippen LogP contribution in [0.2, 0.25) is 0 Å². The average molecular weight is 403 g/mol. The van der Waals surface area contributed by atoms with Crippen molar-refractivity contribution < 1.29 is 18.3 Å². The predicted octanol–water partition coefficient (Wildman–Crippen LogP) is 3.71. The Kier molecular flexibility index (Phi) is 6.70. The minimum Gasteiger partial charge on any atom is -0.465 e. The normalized spacial score (nSPS) is 19.9. The molecule has 3 N–H and O–H groups in total. The Hall–Kier alpha value is -2.38. The molecule has 6 nitrogen and oxygen atoms in total. The van der Waals surface area contributed by atoms with Crippen LogP contribution in [-0.2, 0) is 10.0 Å². The maximum Gasteiger partial charge on any atom is 0.404 e. The van der Waals surface area contributed by atoms with Gasteiger partial charge in [0.1, 0.15) is 0 Å². The fourth-order valence-electron chi connectivity index (χ4n) is 3.66. The molecule has 0 radical (unpaired) electrons. The van der Waals surface area contributed by atoms with Crippen LogP contribution in [0.3, 0.4) is 0 Å². The third-order valence-corrected chi connectivity index (χ3v) is 6.74. The molecule has 0 heterocycles. The van der Waals surface area contributed by atoms with Gasteiger partial charge in [-0.15, -0.1) is 0 Å². The fourth-order valence-corrected chi connectivity index (χ4v) is 4.82. The number of benzene rings is 2. The van der Waals surface area contributed by atoms with Crippen LogP contribution in [0.25, 0.3) is 11.1 Å². The highest BCUT2D eigenvalue weighted by Crippen LogP contribution is 2.28. The number of hydrogen-bond acceptors (Lipinski definition) is 3. The molecule has 1 amide bonds. The van der Waals surface area contributed by atoms with Crippen LogP contribution in [0.1, 0.15) is 25.7 Å². The SMILES string of the molecule is O=C(O)NC[C@H]1CC[C@H](CNS(=O)(=O)c2cccc(-c3ccccc3)c2)CC1. The molecule has 28 heavy (non-hydrogen) atoms. The Labute approximate surface area is 166 Å². The standard InChI is InChI=1S/C21H26N2O4S/c24-21(25)22-14-16-9-11-17(12-10-16)15-23-28(26,27)20-8-4-7-19(13-20)18-5-2-1-3-6-18/h1-8,13,16-17,22-23H,9-12,14-15H2,(H,24,25)/t16-,17-. The molecule has 0 aromatic heterocycles. The minimum atomic E-state index is -3.57. The van der Waals surface area contributed by atoms with Crippen LogP contribution in [0, 0.1) is 11.8 Å². The summed E-state index contributed by atoms with van der Waals surface area (Å²) >= 11 is 0. The second-order valence-corrected chi connectivity index (χ2v) is 9.09. The zero-order valence-corrected chi connectivity index (χ0v) is 16.5. The van der Waals surface area contributed by atoms with Crippen molar-refractivity contribution in [3.63, 3.8) is 0 Å². The van der Waals surface area contributed by atoms with Crippen molar-refractivity contribution in [2.45, 2.75) is 30.6 Å². The van der Waals surface area contributed by atoms with Crippen LogP contribution < -0.4 is 10.0 Å². The van der Waals surface area contributed by atoms with E-state index in [0.29, 0.717) is 19.0 Å². The van der Waals surface area contributed by atoms with Crippen molar-refractivity contribution in [3.05, 3.63) is 54.6 Å². The van der Waals surface area contributed by atoms with E-state index in [-0.39, 0.29) is 10.8 Å². The van der Waals surface area contributed by atoms with E-state index >= 15 is 0 Å². The van der Waals surface area contributed by atoms with Gasteiger partial charge < -0.3 is 10.4 Å². The van der Waals surface area contributed by atoms with Crippen molar-refractivity contribution in [2.75, 3.05) is 13.1 Å². The van der Waals surface area contributed by atoms with E-state index in [4.69, 9.17) is 5.11 Å². The Balaban J connectivity index is 1.56. The van der Waals surface area contributed by atoms with Gasteiger partial charge in [-0.1, -0.05) is 42.5 Å². The van der Waals surface area contributed by atoms with Crippen molar-refractivity contribution in [2.24, 2.45) is 11.8 Å². The first-order valence-corrected chi connectivity index (χ1v) is 11.0. The van der Waals surface area contributed by atoms with Gasteiger partial charge in [0, 0.05) is 13.1 Å². The first-order chi connectivity index (χ1) is 13.4. The molecule has 0 saturated heterocycles. The van der Waals surface area contributed by atoms with Crippen molar-refractivity contribution in [1.82, 2.24) is 10.0 Å². The van der Waals surface area contributed by atoms with Gasteiger partial charge in [0.05, 0.1) is 4.90 Å². The zero-order chi connectivity index (χ0) is 20.0. The van der Waals surface area contributed by atoms with Crippen LogP contribution in [0.5, 0.6) is 0 Å². The number of hydrogen-bond donors (Lipinski definition) is 3. The molecule has 1 aliphatic rings. The van der Waals surface area contributed by atoms with Gasteiger partial charge in [0.15, 0.2) is 0 Å². The Morgan fingerprint density at radius 1 is 0.893 bits per heavy atom. The lowest BCUT2D eigenvalue weighted by atomic mass is 9.82. The Morgan fingerprint density at radius 2 is 1.50 bits per heavy atom. The Morgan fingerprint density at radius 3 is 2.14 bits per heavy atom. The van der Waals surface area contributed by atoms with Gasteiger partial charge in [-0.2, -0.15) is 0 Å². The van der Waals surface area contributed by atoms with Crippen LogP contribution >= 0.6 is 0 Å². The van der Waals surface area contributed by atoms with Crippen molar-refractivity contribution in [3.8, 4) is 11.1 Å². The highest BCUT2D eigenvalue weighted by atomic mass is 32.2. The van der Waals surface area contributed by atoms with Gasteiger partial charge >= 0.3 is 6.09 Å². The average Bonchev–Trinajstić information content (AvgIpc) is 2.72. The third kappa shape index (κ3) is 5.56. The molecule has 1 aliphatic carbocycles. The van der Waals surface area contributed by atoms with Crippen molar-refractivity contribution >= 4 is 16.1 Å². The first-order valence-electron chi connectivity index (χ1n) is 9.56. The summed E-state index contributed by atoms with van der Waals surface area (Å²) in [5, 5.41) is 11.1. The quantitative estimate of drug-likeness (QED) is 0.658. The largest absolute Gasteiger partial charge is 0.465 e. The first kappa shape index (κ1) is 20.4. The van der Waals surface area contributed by atoms with E-state index in [1.165, 1.54) is 0 Å². The smallest absolute Gasteiger partial charge is 0.404 e. The van der Waals surface area contributed by atoms with Gasteiger partial charge in [-0.25, -0.2) is 17.9 Å². The maximum atomic E-state index is 12.7. The summed E-state index contributed by atoms with van der Waals surface area (Å²) in [6.45, 7) is 0.886. The summed E-state index contributed by atoms with van der Waals surface area (Å²) in [4.78, 5) is 10.9. The van der Waals surface area contributed by atoms with E-state index < -0.39 is 16.1 Å². The van der Waals surface area contributed by atoms with E-state index in [1.54, 1.807) is 18.2 Å². The summed E-state index contributed by atoms with van der Waals surface area (Å²) < 4.78 is 28.2. The number of amides is 1. The van der Waals surface area contributed by atoms with E-state index in [0.717, 1.165) is 36.8 Å². The molecule has 0 bridgehead atoms. The molecule has 7 heteroatoms. The number of sulfonamides is 1. The molecule has 0 atom stereocenters. The third-order valence-electron chi connectivity index (χ3n) is 5.32. The highest BCUT2D eigenvalue weighted by Gasteiger charge is 2.23. The molecule has 0 aliphatic heterocycles. The van der Waals surface area contributed by atoms with Crippen LogP contribution in [0.15, 0.2) is 59.5 Å². The Bertz CT molecular complexity index is 892. The fraction of sp³-hybridized carbons (Fsp3) is 0.381. The molecule has 2 aromatic carbocycles. The lowest BCUT2D eigenvalue weighted by Crippen LogP contribution is -2.34. The highest BCUT2D eigenvalue weighted by molar-refractivity contribution is 7.89. The second-order valence-electron chi connectivity index (χ2n) is 7.32. The van der Waals surface area contributed by atoms with E-state index in [9.17, 15) is 13.2 Å². The molecule has 2 aromatic rings. The van der Waals surface area contributed by atoms with Gasteiger partial charge in [-0.3, -0.25) is 0 Å². The summed E-state index contributed by atoms with van der Waals surface area (Å²) in [6, 6.07) is 16.7. The number of carbonyl (C=O) groups is 1. The summed E-state index contributed by atoms with van der Waals surface area (Å²) in [5.41, 5.74) is 1.85. The molecule has 150 valence electrons. The summed E-state index contributed by atoms with van der Waals surface area (Å²) in [7, 11) is -3.57. The molecule has 0 spiro atoms. The molecule has 1 fully saturated rings. The number of rotatable bonds is 7. The summed E-state index contributed by atoms with van der Waals surface area (Å²) in [6.07, 6.45) is 2.64. The van der Waals surface area contributed by atoms with Gasteiger partial charge in [-0.05, 0) is 60.8 Å². The molecule has 0 unspecified atom stereocenters. The van der Waals surface area contributed by atoms with Crippen LogP contribution in [-0.4, -0.2) is 32.7 Å². The molecule has 1 saturated carbocycles. The van der Waals surface area contributed by atoms with Crippen LogP contribution in [0.4, 0.5) is 4.79 Å². The minimum absolute atomic E-state index is 0.271. The maximum absolute atomic E-state index is 12.7. The summed E-state index contributed by atoms with van der Waals surface area (Å²) in [5.74, 6) is 0.625. The van der Waals surface area contributed by atoms with Gasteiger partial charge in [0.2, 0.25) is 10.0 Å². The number of carboxylic acid groups (broad SMARTS) is 1. The monoisotopic (exact) mass is 402 g/mol. The number of nitrogens with one attached hydrogen (secondary N) is 2. The molecular formula is C21H26N2O4S. The van der Waals surface area contributed by atoms with Gasteiger partial charge in [0.25, 0.3) is 0 Å². The zero-order valence-electron chi connectivity index (χ0n) is 15.7. The van der Waals surface area contributed by atoms with E-state index in [1.807, 2.05) is 36.4 Å². The van der Waals surface area contributed by atoms with Crippen molar-refractivity contribution in [1.29, 1.82) is 0 Å². The van der Waals surface area contributed by atoms with E-state index in [2.05, 4.69) is 10.0 Å². The predicted molar refractivity (Wildman–Crippen MR) is 109 cm³/mol. The lowest BCUT2D eigenvalue weighted by Gasteiger charge is -2.28.